The third kappa shape index (κ3) is 4.56. The van der Waals surface area contributed by atoms with Crippen molar-refractivity contribution in [3.05, 3.63) is 51.1 Å². The Morgan fingerprint density at radius 1 is 1.20 bits per heavy atom. The molecule has 0 unspecified atom stereocenters. The van der Waals surface area contributed by atoms with Crippen LogP contribution >= 0.6 is 0 Å². The van der Waals surface area contributed by atoms with Crippen LogP contribution < -0.4 is 5.32 Å². The van der Waals surface area contributed by atoms with Crippen molar-refractivity contribution in [3.63, 3.8) is 0 Å². The van der Waals surface area contributed by atoms with E-state index in [2.05, 4.69) is 5.32 Å². The molecule has 1 aliphatic carbocycles. The molecule has 0 fully saturated rings. The summed E-state index contributed by atoms with van der Waals surface area (Å²) in [6.07, 6.45) is 3.83. The van der Waals surface area contributed by atoms with Crippen molar-refractivity contribution >= 4 is 17.6 Å². The third-order valence-corrected chi connectivity index (χ3v) is 3.71. The van der Waals surface area contributed by atoms with E-state index in [9.17, 15) is 29.9 Å². The normalized spacial score (nSPS) is 13.6. The number of carboxylic acid groups (broad SMARTS) is 1. The number of aromatic hydroxyl groups is 2. The summed E-state index contributed by atoms with van der Waals surface area (Å²) in [5.74, 6) is -2.90. The number of nitro groups is 1. The summed E-state index contributed by atoms with van der Waals surface area (Å²) in [5.41, 5.74) is 0.675. The summed E-state index contributed by atoms with van der Waals surface area (Å²) < 4.78 is 0. The summed E-state index contributed by atoms with van der Waals surface area (Å²) in [6.45, 7) is 0.231. The predicted octanol–water partition coefficient (Wildman–Crippen LogP) is 1.40. The molecule has 1 aromatic rings. The van der Waals surface area contributed by atoms with Gasteiger partial charge in [0.2, 0.25) is 11.7 Å². The van der Waals surface area contributed by atoms with Crippen molar-refractivity contribution in [1.82, 2.24) is 5.32 Å². The molecule has 132 valence electrons. The number of aliphatic carboxylic acids is 1. The quantitative estimate of drug-likeness (QED) is 0.344. The molecule has 0 saturated heterocycles. The number of hydrogen-bond acceptors (Lipinski definition) is 6. The highest BCUT2D eigenvalue weighted by Gasteiger charge is 2.20. The first-order valence-corrected chi connectivity index (χ1v) is 7.35. The van der Waals surface area contributed by atoms with Gasteiger partial charge in [0.15, 0.2) is 5.75 Å². The molecule has 0 radical (unpaired) electrons. The van der Waals surface area contributed by atoms with Gasteiger partial charge in [-0.25, -0.2) is 4.79 Å². The SMILES string of the molecule is O=C(Cc1cc(O)c(O)c([N+](=O)[O-])c1)NCC1=CC=C(C(=O)O)CC1. The lowest BCUT2D eigenvalue weighted by Gasteiger charge is -2.13. The summed E-state index contributed by atoms with van der Waals surface area (Å²) in [7, 11) is 0. The van der Waals surface area contributed by atoms with E-state index in [1.165, 1.54) is 6.08 Å². The highest BCUT2D eigenvalue weighted by Crippen LogP contribution is 2.36. The van der Waals surface area contributed by atoms with E-state index in [0.717, 1.165) is 17.7 Å². The summed E-state index contributed by atoms with van der Waals surface area (Å²) in [6, 6.07) is 2.11. The van der Waals surface area contributed by atoms with Crippen LogP contribution in [0.5, 0.6) is 11.5 Å². The lowest BCUT2D eigenvalue weighted by Crippen LogP contribution is -2.27. The van der Waals surface area contributed by atoms with Gasteiger partial charge < -0.3 is 20.6 Å². The molecule has 0 bridgehead atoms. The number of benzene rings is 1. The molecule has 9 heteroatoms. The topological polar surface area (TPSA) is 150 Å². The van der Waals surface area contributed by atoms with Gasteiger partial charge in [-0.1, -0.05) is 17.7 Å². The molecule has 4 N–H and O–H groups in total. The van der Waals surface area contributed by atoms with E-state index in [1.807, 2.05) is 0 Å². The van der Waals surface area contributed by atoms with E-state index < -0.39 is 34.0 Å². The minimum Gasteiger partial charge on any atom is -0.504 e. The van der Waals surface area contributed by atoms with E-state index in [0.29, 0.717) is 18.4 Å². The Kier molecular flexibility index (Phi) is 5.38. The van der Waals surface area contributed by atoms with Crippen molar-refractivity contribution in [3.8, 4) is 11.5 Å². The molecule has 1 aliphatic rings. The molecule has 25 heavy (non-hydrogen) atoms. The fourth-order valence-corrected chi connectivity index (χ4v) is 2.37. The zero-order valence-electron chi connectivity index (χ0n) is 13.1. The predicted molar refractivity (Wildman–Crippen MR) is 86.2 cm³/mol. The number of nitrogens with zero attached hydrogens (tertiary/aromatic N) is 1. The molecule has 0 atom stereocenters. The average molecular weight is 348 g/mol. The molecule has 0 aromatic heterocycles. The number of nitrogens with one attached hydrogen (secondary N) is 1. The molecule has 2 rings (SSSR count). The van der Waals surface area contributed by atoms with Crippen LogP contribution in [-0.2, 0) is 16.0 Å². The van der Waals surface area contributed by atoms with Gasteiger partial charge in [-0.15, -0.1) is 0 Å². The van der Waals surface area contributed by atoms with Crippen LogP contribution in [-0.4, -0.2) is 38.7 Å². The number of nitro benzene ring substituents is 1. The average Bonchev–Trinajstić information content (AvgIpc) is 2.56. The number of hydrogen-bond donors (Lipinski definition) is 4. The molecule has 0 aliphatic heterocycles. The molecule has 1 amide bonds. The van der Waals surface area contributed by atoms with Crippen LogP contribution in [0, 0.1) is 10.1 Å². The Hall–Kier alpha value is -3.36. The standard InChI is InChI=1S/C16H16N2O7/c19-13-6-10(5-12(15(13)21)18(24)25)7-14(20)17-8-9-1-3-11(4-2-9)16(22)23/h1,3,5-6,19,21H,2,4,7-8H2,(H,17,20)(H,22,23). The Morgan fingerprint density at radius 3 is 2.48 bits per heavy atom. The smallest absolute Gasteiger partial charge is 0.331 e. The van der Waals surface area contributed by atoms with Gasteiger partial charge >= 0.3 is 11.7 Å². The second kappa shape index (κ2) is 7.47. The zero-order valence-corrected chi connectivity index (χ0v) is 13.1. The molecular weight excluding hydrogens is 332 g/mol. The number of phenols is 2. The number of amides is 1. The minimum absolute atomic E-state index is 0.185. The maximum Gasteiger partial charge on any atom is 0.331 e. The number of allylic oxidation sites excluding steroid dienone is 2. The molecular formula is C16H16N2O7. The van der Waals surface area contributed by atoms with Crippen LogP contribution in [0.1, 0.15) is 18.4 Å². The molecule has 1 aromatic carbocycles. The summed E-state index contributed by atoms with van der Waals surface area (Å²) in [4.78, 5) is 32.7. The molecule has 0 spiro atoms. The lowest BCUT2D eigenvalue weighted by atomic mass is 9.98. The van der Waals surface area contributed by atoms with Gasteiger partial charge in [-0.05, 0) is 24.5 Å². The molecule has 0 heterocycles. The van der Waals surface area contributed by atoms with Crippen LogP contribution in [0.15, 0.2) is 35.4 Å². The minimum atomic E-state index is -0.965. The van der Waals surface area contributed by atoms with Gasteiger partial charge in [0, 0.05) is 18.2 Å². The maximum absolute atomic E-state index is 11.9. The third-order valence-electron chi connectivity index (χ3n) is 3.71. The number of phenolic OH excluding ortho intramolecular Hbond substituents is 2. The van der Waals surface area contributed by atoms with Crippen molar-refractivity contribution in [1.29, 1.82) is 0 Å². The van der Waals surface area contributed by atoms with Gasteiger partial charge in [0.1, 0.15) is 0 Å². The van der Waals surface area contributed by atoms with Crippen molar-refractivity contribution < 1.29 is 29.8 Å². The lowest BCUT2D eigenvalue weighted by molar-refractivity contribution is -0.386. The Labute approximate surface area is 142 Å². The van der Waals surface area contributed by atoms with Crippen LogP contribution in [0.25, 0.3) is 0 Å². The highest BCUT2D eigenvalue weighted by atomic mass is 16.6. The Morgan fingerprint density at radius 2 is 1.92 bits per heavy atom. The Bertz CT molecular complexity index is 796. The number of carbonyl (C=O) groups is 2. The van der Waals surface area contributed by atoms with Crippen LogP contribution in [0.3, 0.4) is 0 Å². The van der Waals surface area contributed by atoms with E-state index in [4.69, 9.17) is 5.11 Å². The zero-order chi connectivity index (χ0) is 18.6. The first kappa shape index (κ1) is 18.0. The van der Waals surface area contributed by atoms with Gasteiger partial charge in [0.25, 0.3) is 0 Å². The fraction of sp³-hybridized carbons (Fsp3) is 0.250. The van der Waals surface area contributed by atoms with E-state index in [1.54, 1.807) is 6.08 Å². The first-order valence-electron chi connectivity index (χ1n) is 7.35. The molecule has 9 nitrogen and oxygen atoms in total. The van der Waals surface area contributed by atoms with Crippen molar-refractivity contribution in [2.75, 3.05) is 6.54 Å². The van der Waals surface area contributed by atoms with Crippen LogP contribution in [0.4, 0.5) is 5.69 Å². The maximum atomic E-state index is 11.9. The number of carboxylic acids is 1. The van der Waals surface area contributed by atoms with E-state index >= 15 is 0 Å². The second-order valence-electron chi connectivity index (χ2n) is 5.52. The monoisotopic (exact) mass is 348 g/mol. The van der Waals surface area contributed by atoms with Gasteiger partial charge in [-0.2, -0.15) is 0 Å². The molecule has 0 saturated carbocycles. The van der Waals surface area contributed by atoms with Crippen molar-refractivity contribution in [2.24, 2.45) is 0 Å². The fourth-order valence-electron chi connectivity index (χ4n) is 2.37. The van der Waals surface area contributed by atoms with Crippen LogP contribution in [0.2, 0.25) is 0 Å². The van der Waals surface area contributed by atoms with Crippen molar-refractivity contribution in [2.45, 2.75) is 19.3 Å². The number of carbonyl (C=O) groups excluding carboxylic acids is 1. The highest BCUT2D eigenvalue weighted by molar-refractivity contribution is 5.87. The Balaban J connectivity index is 1.97. The first-order chi connectivity index (χ1) is 11.8. The largest absolute Gasteiger partial charge is 0.504 e. The van der Waals surface area contributed by atoms with E-state index in [-0.39, 0.29) is 18.5 Å². The summed E-state index contributed by atoms with van der Waals surface area (Å²) >= 11 is 0. The summed E-state index contributed by atoms with van der Waals surface area (Å²) in [5, 5.41) is 41.2. The number of rotatable bonds is 6. The second-order valence-corrected chi connectivity index (χ2v) is 5.52. The van der Waals surface area contributed by atoms with Gasteiger partial charge in [-0.3, -0.25) is 14.9 Å². The van der Waals surface area contributed by atoms with Gasteiger partial charge in [0.05, 0.1) is 11.3 Å².